The van der Waals surface area contributed by atoms with Crippen molar-refractivity contribution in [1.29, 1.82) is 0 Å². The SMILES string of the molecule is CCC(C(=O)NCC(C)C)N(Cc1ccc(Cl)cc1)C(=O)Cc1cccc(Cl)c1. The first kappa shape index (κ1) is 23.2. The summed E-state index contributed by atoms with van der Waals surface area (Å²) in [5, 5.41) is 4.18. The molecule has 0 aliphatic heterocycles. The normalized spacial score (nSPS) is 11.9. The van der Waals surface area contributed by atoms with E-state index >= 15 is 0 Å². The average Bonchev–Trinajstić information content (AvgIpc) is 2.67. The largest absolute Gasteiger partial charge is 0.354 e. The Kier molecular flexibility index (Phi) is 8.99. The maximum Gasteiger partial charge on any atom is 0.242 e. The Morgan fingerprint density at radius 3 is 2.28 bits per heavy atom. The van der Waals surface area contributed by atoms with Crippen LogP contribution in [-0.4, -0.2) is 29.3 Å². The second-order valence-corrected chi connectivity index (χ2v) is 8.39. The number of benzene rings is 2. The van der Waals surface area contributed by atoms with Crippen molar-refractivity contribution in [2.45, 2.75) is 46.2 Å². The summed E-state index contributed by atoms with van der Waals surface area (Å²) in [7, 11) is 0. The van der Waals surface area contributed by atoms with E-state index in [0.29, 0.717) is 35.5 Å². The van der Waals surface area contributed by atoms with Crippen LogP contribution in [0.2, 0.25) is 10.0 Å². The van der Waals surface area contributed by atoms with Gasteiger partial charge in [-0.2, -0.15) is 0 Å². The predicted molar refractivity (Wildman–Crippen MR) is 119 cm³/mol. The van der Waals surface area contributed by atoms with Crippen LogP contribution < -0.4 is 5.32 Å². The van der Waals surface area contributed by atoms with E-state index in [4.69, 9.17) is 23.2 Å². The molecule has 0 aliphatic carbocycles. The van der Waals surface area contributed by atoms with Gasteiger partial charge in [-0.15, -0.1) is 0 Å². The van der Waals surface area contributed by atoms with Crippen molar-refractivity contribution in [2.75, 3.05) is 6.54 Å². The third-order valence-electron chi connectivity index (χ3n) is 4.58. The molecule has 2 rings (SSSR count). The zero-order valence-electron chi connectivity index (χ0n) is 17.1. The van der Waals surface area contributed by atoms with Gasteiger partial charge in [-0.25, -0.2) is 0 Å². The lowest BCUT2D eigenvalue weighted by atomic mass is 10.1. The highest BCUT2D eigenvalue weighted by atomic mass is 35.5. The van der Waals surface area contributed by atoms with Crippen LogP contribution in [-0.2, 0) is 22.6 Å². The summed E-state index contributed by atoms with van der Waals surface area (Å²) in [5.41, 5.74) is 1.74. The molecule has 0 spiro atoms. The minimum atomic E-state index is -0.545. The van der Waals surface area contributed by atoms with Gasteiger partial charge in [0.2, 0.25) is 11.8 Å². The number of carbonyl (C=O) groups is 2. The fourth-order valence-electron chi connectivity index (χ4n) is 3.05. The van der Waals surface area contributed by atoms with Crippen molar-refractivity contribution in [3.8, 4) is 0 Å². The number of halogens is 2. The minimum Gasteiger partial charge on any atom is -0.354 e. The van der Waals surface area contributed by atoms with Crippen molar-refractivity contribution >= 4 is 35.0 Å². The summed E-state index contributed by atoms with van der Waals surface area (Å²) < 4.78 is 0. The number of rotatable bonds is 9. The third kappa shape index (κ3) is 7.37. The van der Waals surface area contributed by atoms with Gasteiger partial charge in [-0.3, -0.25) is 9.59 Å². The highest BCUT2D eigenvalue weighted by Gasteiger charge is 2.28. The molecule has 156 valence electrons. The Balaban J connectivity index is 2.25. The Hall–Kier alpha value is -2.04. The number of amides is 2. The summed E-state index contributed by atoms with van der Waals surface area (Å²) in [4.78, 5) is 27.7. The molecule has 6 heteroatoms. The molecule has 0 saturated carbocycles. The van der Waals surface area contributed by atoms with E-state index in [-0.39, 0.29) is 18.2 Å². The number of nitrogens with one attached hydrogen (secondary N) is 1. The second-order valence-electron chi connectivity index (χ2n) is 7.52. The van der Waals surface area contributed by atoms with Crippen molar-refractivity contribution in [1.82, 2.24) is 10.2 Å². The molecule has 0 fully saturated rings. The van der Waals surface area contributed by atoms with Gasteiger partial charge in [0.05, 0.1) is 6.42 Å². The number of hydrogen-bond donors (Lipinski definition) is 1. The molecule has 0 aliphatic rings. The zero-order valence-corrected chi connectivity index (χ0v) is 18.6. The Labute approximate surface area is 183 Å². The van der Waals surface area contributed by atoms with Crippen LogP contribution in [0, 0.1) is 5.92 Å². The Bertz CT molecular complexity index is 822. The van der Waals surface area contributed by atoms with E-state index in [1.165, 1.54) is 0 Å². The first-order valence-corrected chi connectivity index (χ1v) is 10.6. The molecule has 0 saturated heterocycles. The van der Waals surface area contributed by atoms with Crippen LogP contribution in [0.25, 0.3) is 0 Å². The molecule has 1 atom stereocenters. The van der Waals surface area contributed by atoms with Crippen LogP contribution in [0.5, 0.6) is 0 Å². The highest BCUT2D eigenvalue weighted by Crippen LogP contribution is 2.18. The summed E-state index contributed by atoms with van der Waals surface area (Å²) in [6.45, 7) is 6.91. The van der Waals surface area contributed by atoms with E-state index in [1.807, 2.05) is 45.0 Å². The molecule has 29 heavy (non-hydrogen) atoms. The van der Waals surface area contributed by atoms with E-state index in [0.717, 1.165) is 11.1 Å². The minimum absolute atomic E-state index is 0.117. The van der Waals surface area contributed by atoms with Crippen molar-refractivity contribution < 1.29 is 9.59 Å². The number of carbonyl (C=O) groups excluding carboxylic acids is 2. The zero-order chi connectivity index (χ0) is 21.4. The lowest BCUT2D eigenvalue weighted by Crippen LogP contribution is -2.50. The maximum absolute atomic E-state index is 13.2. The predicted octanol–water partition coefficient (Wildman–Crippen LogP) is 5.12. The molecule has 2 aromatic rings. The van der Waals surface area contributed by atoms with Crippen LogP contribution in [0.15, 0.2) is 48.5 Å². The molecule has 0 radical (unpaired) electrons. The molecule has 0 aromatic heterocycles. The van der Waals surface area contributed by atoms with E-state index < -0.39 is 6.04 Å². The van der Waals surface area contributed by atoms with Gasteiger partial charge in [0.25, 0.3) is 0 Å². The quantitative estimate of drug-likeness (QED) is 0.595. The molecule has 4 nitrogen and oxygen atoms in total. The van der Waals surface area contributed by atoms with Gasteiger partial charge < -0.3 is 10.2 Å². The standard InChI is InChI=1S/C23H28Cl2N2O2/c1-4-21(23(29)26-14-16(2)3)27(15-17-8-10-19(24)11-9-17)22(28)13-18-6-5-7-20(25)12-18/h5-12,16,21H,4,13-15H2,1-3H3,(H,26,29). The molecule has 1 N–H and O–H groups in total. The van der Waals surface area contributed by atoms with Crippen LogP contribution in [0.4, 0.5) is 0 Å². The van der Waals surface area contributed by atoms with E-state index in [9.17, 15) is 9.59 Å². The molecular weight excluding hydrogens is 407 g/mol. The third-order valence-corrected chi connectivity index (χ3v) is 5.07. The molecule has 2 amide bonds. The van der Waals surface area contributed by atoms with Gasteiger partial charge in [-0.1, -0.05) is 68.2 Å². The van der Waals surface area contributed by atoms with Crippen molar-refractivity contribution in [3.05, 3.63) is 69.7 Å². The molecule has 2 aromatic carbocycles. The average molecular weight is 435 g/mol. The molecule has 0 bridgehead atoms. The van der Waals surface area contributed by atoms with Gasteiger partial charge >= 0.3 is 0 Å². The molecule has 1 unspecified atom stereocenters. The Morgan fingerprint density at radius 2 is 1.69 bits per heavy atom. The Morgan fingerprint density at radius 1 is 1.00 bits per heavy atom. The summed E-state index contributed by atoms with van der Waals surface area (Å²) >= 11 is 12.0. The topological polar surface area (TPSA) is 49.4 Å². The van der Waals surface area contributed by atoms with E-state index in [2.05, 4.69) is 5.32 Å². The second kappa shape index (κ2) is 11.2. The van der Waals surface area contributed by atoms with Crippen molar-refractivity contribution in [2.24, 2.45) is 5.92 Å². The van der Waals surface area contributed by atoms with Crippen LogP contribution >= 0.6 is 23.2 Å². The maximum atomic E-state index is 13.2. The monoisotopic (exact) mass is 434 g/mol. The van der Waals surface area contributed by atoms with Gasteiger partial charge in [0.1, 0.15) is 6.04 Å². The summed E-state index contributed by atoms with van der Waals surface area (Å²) in [6.07, 6.45) is 0.709. The number of hydrogen-bond acceptors (Lipinski definition) is 2. The van der Waals surface area contributed by atoms with Gasteiger partial charge in [0, 0.05) is 23.1 Å². The van der Waals surface area contributed by atoms with Crippen LogP contribution in [0.3, 0.4) is 0 Å². The lowest BCUT2D eigenvalue weighted by Gasteiger charge is -2.31. The fourth-order valence-corrected chi connectivity index (χ4v) is 3.39. The summed E-state index contributed by atoms with van der Waals surface area (Å²) in [6, 6.07) is 14.0. The first-order chi connectivity index (χ1) is 13.8. The first-order valence-electron chi connectivity index (χ1n) is 9.86. The molecule has 0 heterocycles. The fraction of sp³-hybridized carbons (Fsp3) is 0.391. The smallest absolute Gasteiger partial charge is 0.242 e. The highest BCUT2D eigenvalue weighted by molar-refractivity contribution is 6.30. The van der Waals surface area contributed by atoms with Gasteiger partial charge in [0.15, 0.2) is 0 Å². The van der Waals surface area contributed by atoms with Crippen molar-refractivity contribution in [3.63, 3.8) is 0 Å². The number of nitrogens with zero attached hydrogens (tertiary/aromatic N) is 1. The summed E-state index contributed by atoms with van der Waals surface area (Å²) in [5.74, 6) is 0.0895. The van der Waals surface area contributed by atoms with E-state index in [1.54, 1.807) is 29.2 Å². The van der Waals surface area contributed by atoms with Gasteiger partial charge in [-0.05, 0) is 47.7 Å². The van der Waals surface area contributed by atoms with Crippen LogP contribution in [0.1, 0.15) is 38.3 Å². The molecular formula is C23H28Cl2N2O2. The lowest BCUT2D eigenvalue weighted by molar-refractivity contribution is -0.141.